The van der Waals surface area contributed by atoms with Crippen LogP contribution in [0.25, 0.3) is 0 Å². The van der Waals surface area contributed by atoms with Gasteiger partial charge in [-0.25, -0.2) is 4.79 Å². The van der Waals surface area contributed by atoms with Gasteiger partial charge in [0.25, 0.3) is 0 Å². The minimum absolute atomic E-state index is 0.0594. The smallest absolute Gasteiger partial charge is 0.340 e. The van der Waals surface area contributed by atoms with Gasteiger partial charge in [-0.05, 0) is 29.8 Å². The number of ether oxygens (including phenoxy) is 1. The zero-order chi connectivity index (χ0) is 15.4. The minimum Gasteiger partial charge on any atom is -0.457 e. The molecule has 0 spiro atoms. The fourth-order valence-electron chi connectivity index (χ4n) is 1.71. The zero-order valence-electron chi connectivity index (χ0n) is 11.0. The van der Waals surface area contributed by atoms with E-state index in [1.807, 2.05) is 0 Å². The molecule has 6 heteroatoms. The molecule has 2 rings (SSSR count). The molecule has 2 aromatic carbocycles. The molecule has 0 saturated carbocycles. The summed E-state index contributed by atoms with van der Waals surface area (Å²) in [5.74, 6) is -1.07. The second kappa shape index (κ2) is 6.28. The third-order valence-corrected chi connectivity index (χ3v) is 3.21. The Morgan fingerprint density at radius 3 is 2.38 bits per heavy atom. The maximum absolute atomic E-state index is 11.9. The second-order valence-corrected chi connectivity index (χ2v) is 4.75. The maximum Gasteiger partial charge on any atom is 0.340 e. The van der Waals surface area contributed by atoms with Crippen LogP contribution < -0.4 is 11.5 Å². The Morgan fingerprint density at radius 2 is 1.76 bits per heavy atom. The van der Waals surface area contributed by atoms with Crippen molar-refractivity contribution in [3.8, 4) is 0 Å². The van der Waals surface area contributed by atoms with Crippen LogP contribution in [0, 0.1) is 0 Å². The van der Waals surface area contributed by atoms with Gasteiger partial charge < -0.3 is 16.2 Å². The lowest BCUT2D eigenvalue weighted by atomic mass is 10.1. The first-order chi connectivity index (χ1) is 9.99. The van der Waals surface area contributed by atoms with Crippen molar-refractivity contribution < 1.29 is 14.3 Å². The summed E-state index contributed by atoms with van der Waals surface area (Å²) in [6, 6.07) is 11.2. The van der Waals surface area contributed by atoms with Gasteiger partial charge in [-0.2, -0.15) is 0 Å². The topological polar surface area (TPSA) is 95.4 Å². The molecule has 0 unspecified atom stereocenters. The summed E-state index contributed by atoms with van der Waals surface area (Å²) in [6.07, 6.45) is 0. The van der Waals surface area contributed by atoms with Crippen LogP contribution in [0.4, 0.5) is 5.69 Å². The maximum atomic E-state index is 11.9. The second-order valence-electron chi connectivity index (χ2n) is 4.34. The molecule has 0 heterocycles. The van der Waals surface area contributed by atoms with Crippen molar-refractivity contribution in [2.75, 3.05) is 5.73 Å². The van der Waals surface area contributed by atoms with E-state index in [0.29, 0.717) is 10.6 Å². The van der Waals surface area contributed by atoms with Gasteiger partial charge in [0, 0.05) is 5.56 Å². The predicted octanol–water partition coefficient (Wildman–Crippen LogP) is 2.38. The van der Waals surface area contributed by atoms with Crippen molar-refractivity contribution in [2.24, 2.45) is 5.73 Å². The van der Waals surface area contributed by atoms with Gasteiger partial charge in [0.1, 0.15) is 6.61 Å². The third-order valence-electron chi connectivity index (χ3n) is 2.88. The SMILES string of the molecule is NC(=O)c1ccc(COC(=O)c2cccc(Cl)c2N)cc1. The van der Waals surface area contributed by atoms with Gasteiger partial charge in [0.15, 0.2) is 0 Å². The van der Waals surface area contributed by atoms with E-state index in [9.17, 15) is 9.59 Å². The van der Waals surface area contributed by atoms with Crippen molar-refractivity contribution >= 4 is 29.2 Å². The Bertz CT molecular complexity index is 684. The molecular weight excluding hydrogens is 292 g/mol. The normalized spacial score (nSPS) is 10.1. The number of carbonyl (C=O) groups is 2. The molecule has 108 valence electrons. The summed E-state index contributed by atoms with van der Waals surface area (Å²) in [6.45, 7) is 0.0594. The van der Waals surface area contributed by atoms with Crippen LogP contribution in [0.5, 0.6) is 0 Å². The quantitative estimate of drug-likeness (QED) is 0.669. The highest BCUT2D eigenvalue weighted by atomic mass is 35.5. The highest BCUT2D eigenvalue weighted by Gasteiger charge is 2.13. The number of nitrogen functional groups attached to an aromatic ring is 1. The Kier molecular flexibility index (Phi) is 4.45. The lowest BCUT2D eigenvalue weighted by molar-refractivity contribution is 0.0473. The van der Waals surface area contributed by atoms with E-state index in [4.69, 9.17) is 27.8 Å². The average Bonchev–Trinajstić information content (AvgIpc) is 2.48. The number of hydrogen-bond donors (Lipinski definition) is 2. The van der Waals surface area contributed by atoms with Crippen LogP contribution in [-0.2, 0) is 11.3 Å². The fraction of sp³-hybridized carbons (Fsp3) is 0.0667. The highest BCUT2D eigenvalue weighted by molar-refractivity contribution is 6.33. The summed E-state index contributed by atoms with van der Waals surface area (Å²) < 4.78 is 5.16. The van der Waals surface area contributed by atoms with Crippen molar-refractivity contribution in [1.29, 1.82) is 0 Å². The molecule has 0 saturated heterocycles. The molecule has 0 radical (unpaired) electrons. The van der Waals surface area contributed by atoms with Crippen LogP contribution in [0.15, 0.2) is 42.5 Å². The summed E-state index contributed by atoms with van der Waals surface area (Å²) in [4.78, 5) is 22.9. The molecule has 0 fully saturated rings. The van der Waals surface area contributed by atoms with Gasteiger partial charge in [-0.15, -0.1) is 0 Å². The lowest BCUT2D eigenvalue weighted by Gasteiger charge is -2.08. The van der Waals surface area contributed by atoms with Gasteiger partial charge in [0.2, 0.25) is 5.91 Å². The average molecular weight is 305 g/mol. The Labute approximate surface area is 126 Å². The van der Waals surface area contributed by atoms with Gasteiger partial charge in [-0.1, -0.05) is 29.8 Å². The van der Waals surface area contributed by atoms with E-state index in [0.717, 1.165) is 5.56 Å². The van der Waals surface area contributed by atoms with E-state index in [-0.39, 0.29) is 17.9 Å². The van der Waals surface area contributed by atoms with Crippen LogP contribution in [0.1, 0.15) is 26.3 Å². The Balaban J connectivity index is 2.04. The lowest BCUT2D eigenvalue weighted by Crippen LogP contribution is -2.11. The van der Waals surface area contributed by atoms with Crippen molar-refractivity contribution in [3.05, 3.63) is 64.2 Å². The summed E-state index contributed by atoms with van der Waals surface area (Å²) in [5.41, 5.74) is 12.4. The molecule has 0 aromatic heterocycles. The van der Waals surface area contributed by atoms with Crippen LogP contribution in [-0.4, -0.2) is 11.9 Å². The Hall–Kier alpha value is -2.53. The van der Waals surface area contributed by atoms with Crippen molar-refractivity contribution in [1.82, 2.24) is 0 Å². The number of primary amides is 1. The number of amides is 1. The number of anilines is 1. The minimum atomic E-state index is -0.561. The molecule has 0 aliphatic heterocycles. The number of rotatable bonds is 4. The highest BCUT2D eigenvalue weighted by Crippen LogP contribution is 2.23. The number of hydrogen-bond acceptors (Lipinski definition) is 4. The number of carbonyl (C=O) groups excluding carboxylic acids is 2. The molecule has 0 aliphatic rings. The monoisotopic (exact) mass is 304 g/mol. The first-order valence-corrected chi connectivity index (χ1v) is 6.46. The number of nitrogens with two attached hydrogens (primary N) is 2. The van der Waals surface area contributed by atoms with Crippen LogP contribution in [0.2, 0.25) is 5.02 Å². The van der Waals surface area contributed by atoms with Crippen LogP contribution >= 0.6 is 11.6 Å². The number of halogens is 1. The van der Waals surface area contributed by atoms with E-state index in [1.54, 1.807) is 42.5 Å². The molecule has 21 heavy (non-hydrogen) atoms. The molecule has 4 N–H and O–H groups in total. The molecule has 0 atom stereocenters. The van der Waals surface area contributed by atoms with Crippen molar-refractivity contribution in [3.63, 3.8) is 0 Å². The predicted molar refractivity (Wildman–Crippen MR) is 79.9 cm³/mol. The molecule has 1 amide bonds. The molecule has 0 aliphatic carbocycles. The third kappa shape index (κ3) is 3.52. The van der Waals surface area contributed by atoms with Gasteiger partial charge >= 0.3 is 5.97 Å². The number of benzene rings is 2. The van der Waals surface area contributed by atoms with Crippen LogP contribution in [0.3, 0.4) is 0 Å². The molecule has 0 bridgehead atoms. The molecule has 5 nitrogen and oxygen atoms in total. The van der Waals surface area contributed by atoms with E-state index in [2.05, 4.69) is 0 Å². The first-order valence-electron chi connectivity index (χ1n) is 6.09. The standard InChI is InChI=1S/C15H13ClN2O3/c16-12-3-1-2-11(13(12)17)15(20)21-8-9-4-6-10(7-5-9)14(18)19/h1-7H,8,17H2,(H2,18,19). The van der Waals surface area contributed by atoms with E-state index in [1.165, 1.54) is 0 Å². The van der Waals surface area contributed by atoms with Crippen molar-refractivity contribution in [2.45, 2.75) is 6.61 Å². The number of para-hydroxylation sites is 1. The zero-order valence-corrected chi connectivity index (χ0v) is 11.8. The van der Waals surface area contributed by atoms with Gasteiger partial charge in [0.05, 0.1) is 16.3 Å². The van der Waals surface area contributed by atoms with Gasteiger partial charge in [-0.3, -0.25) is 4.79 Å². The van der Waals surface area contributed by atoms with E-state index < -0.39 is 11.9 Å². The summed E-state index contributed by atoms with van der Waals surface area (Å²) in [5, 5.41) is 0.301. The largest absolute Gasteiger partial charge is 0.457 e. The molecule has 2 aromatic rings. The fourth-order valence-corrected chi connectivity index (χ4v) is 1.88. The summed E-state index contributed by atoms with van der Waals surface area (Å²) in [7, 11) is 0. The summed E-state index contributed by atoms with van der Waals surface area (Å²) >= 11 is 5.85. The Morgan fingerprint density at radius 1 is 1.10 bits per heavy atom. The van der Waals surface area contributed by atoms with E-state index >= 15 is 0 Å². The molecular formula is C15H13ClN2O3. The number of esters is 1. The first kappa shape index (κ1) is 14.9.